The molecule has 1 saturated heterocycles. The van der Waals surface area contributed by atoms with E-state index >= 15 is 0 Å². The summed E-state index contributed by atoms with van der Waals surface area (Å²) in [5.74, 6) is -0.00758. The van der Waals surface area contributed by atoms with Crippen LogP contribution in [0.4, 0.5) is 5.69 Å². The molecule has 1 fully saturated rings. The number of hydrogen-bond donors (Lipinski definition) is 1. The van der Waals surface area contributed by atoms with Crippen molar-refractivity contribution in [3.8, 4) is 0 Å². The molecule has 1 N–H and O–H groups in total. The lowest BCUT2D eigenvalue weighted by Gasteiger charge is -2.34. The number of aromatic nitrogens is 1. The number of amides is 2. The molecule has 0 aliphatic carbocycles. The predicted molar refractivity (Wildman–Crippen MR) is 114 cm³/mol. The number of rotatable bonds is 4. The molecular formula is C23H24N4O2. The summed E-state index contributed by atoms with van der Waals surface area (Å²) in [6.07, 6.45) is 0. The summed E-state index contributed by atoms with van der Waals surface area (Å²) in [5, 5.41) is 3.79. The van der Waals surface area contributed by atoms with Crippen LogP contribution in [0.3, 0.4) is 0 Å². The molecule has 2 amide bonds. The second-order valence-corrected chi connectivity index (χ2v) is 7.31. The Morgan fingerprint density at radius 2 is 1.66 bits per heavy atom. The summed E-state index contributed by atoms with van der Waals surface area (Å²) in [7, 11) is 0. The number of hydrogen-bond acceptors (Lipinski definition) is 4. The van der Waals surface area contributed by atoms with Crippen molar-refractivity contribution in [2.24, 2.45) is 0 Å². The average Bonchev–Trinajstić information content (AvgIpc) is 2.74. The van der Waals surface area contributed by atoms with Crippen LogP contribution in [0.5, 0.6) is 0 Å². The quantitative estimate of drug-likeness (QED) is 0.746. The third-order valence-corrected chi connectivity index (χ3v) is 5.16. The van der Waals surface area contributed by atoms with Crippen LogP contribution in [0.1, 0.15) is 16.1 Å². The number of pyridine rings is 1. The van der Waals surface area contributed by atoms with Gasteiger partial charge in [0, 0.05) is 42.9 Å². The van der Waals surface area contributed by atoms with Gasteiger partial charge in [0.2, 0.25) is 5.91 Å². The van der Waals surface area contributed by atoms with Crippen molar-refractivity contribution < 1.29 is 9.59 Å². The fourth-order valence-electron chi connectivity index (χ4n) is 3.69. The van der Waals surface area contributed by atoms with Crippen LogP contribution < -0.4 is 5.32 Å². The van der Waals surface area contributed by atoms with Crippen molar-refractivity contribution in [3.63, 3.8) is 0 Å². The van der Waals surface area contributed by atoms with Gasteiger partial charge in [-0.25, -0.2) is 0 Å². The van der Waals surface area contributed by atoms with Gasteiger partial charge in [-0.15, -0.1) is 0 Å². The number of anilines is 1. The number of carbonyl (C=O) groups is 2. The molecule has 0 spiro atoms. The smallest absolute Gasteiger partial charge is 0.254 e. The minimum absolute atomic E-state index is 0.0279. The molecule has 0 unspecified atom stereocenters. The Morgan fingerprint density at radius 3 is 2.41 bits per heavy atom. The number of carbonyl (C=O) groups excluding carboxylic acids is 2. The number of piperazine rings is 1. The zero-order chi connectivity index (χ0) is 20.2. The zero-order valence-electron chi connectivity index (χ0n) is 16.5. The number of benzene rings is 2. The van der Waals surface area contributed by atoms with Crippen LogP contribution in [0.15, 0.2) is 60.7 Å². The summed E-state index contributed by atoms with van der Waals surface area (Å²) in [6, 6.07) is 19.0. The Kier molecular flexibility index (Phi) is 5.53. The van der Waals surface area contributed by atoms with E-state index in [2.05, 4.69) is 15.2 Å². The number of aryl methyl sites for hydroxylation is 1. The lowest BCUT2D eigenvalue weighted by Crippen LogP contribution is -2.50. The number of para-hydroxylation sites is 2. The van der Waals surface area contributed by atoms with E-state index in [0.717, 1.165) is 22.3 Å². The molecule has 1 aliphatic heterocycles. The van der Waals surface area contributed by atoms with Crippen LogP contribution in [0, 0.1) is 6.92 Å². The Labute approximate surface area is 170 Å². The topological polar surface area (TPSA) is 65.5 Å². The highest BCUT2D eigenvalue weighted by Gasteiger charge is 2.24. The van der Waals surface area contributed by atoms with Gasteiger partial charge in [-0.2, -0.15) is 0 Å². The number of nitrogens with zero attached hydrogens (tertiary/aromatic N) is 3. The lowest BCUT2D eigenvalue weighted by molar-refractivity contribution is -0.117. The van der Waals surface area contributed by atoms with Crippen molar-refractivity contribution in [3.05, 3.63) is 71.9 Å². The third kappa shape index (κ3) is 4.43. The predicted octanol–water partition coefficient (Wildman–Crippen LogP) is 2.94. The molecule has 1 aliphatic rings. The molecular weight excluding hydrogens is 364 g/mol. The Balaban J connectivity index is 1.37. The molecule has 4 rings (SSSR count). The molecule has 6 heteroatoms. The first-order chi connectivity index (χ1) is 14.1. The Bertz CT molecular complexity index is 1030. The third-order valence-electron chi connectivity index (χ3n) is 5.16. The minimum Gasteiger partial charge on any atom is -0.336 e. The van der Waals surface area contributed by atoms with Crippen molar-refractivity contribution in [2.75, 3.05) is 38.0 Å². The van der Waals surface area contributed by atoms with Gasteiger partial charge in [-0.1, -0.05) is 36.4 Å². The summed E-state index contributed by atoms with van der Waals surface area (Å²) in [5.41, 5.74) is 3.17. The van der Waals surface area contributed by atoms with Crippen LogP contribution in [-0.2, 0) is 4.79 Å². The molecule has 6 nitrogen and oxygen atoms in total. The van der Waals surface area contributed by atoms with Crippen LogP contribution in [0.2, 0.25) is 0 Å². The first-order valence-electron chi connectivity index (χ1n) is 9.83. The van der Waals surface area contributed by atoms with Gasteiger partial charge in [-0.05, 0) is 31.2 Å². The second kappa shape index (κ2) is 8.41. The number of nitrogens with one attached hydrogen (secondary N) is 1. The second-order valence-electron chi connectivity index (χ2n) is 7.31. The highest BCUT2D eigenvalue weighted by atomic mass is 16.2. The monoisotopic (exact) mass is 388 g/mol. The van der Waals surface area contributed by atoms with Crippen LogP contribution >= 0.6 is 0 Å². The molecule has 0 bridgehead atoms. The van der Waals surface area contributed by atoms with E-state index in [4.69, 9.17) is 0 Å². The van der Waals surface area contributed by atoms with E-state index in [0.29, 0.717) is 38.3 Å². The maximum Gasteiger partial charge on any atom is 0.254 e. The fraction of sp³-hybridized carbons (Fsp3) is 0.261. The summed E-state index contributed by atoms with van der Waals surface area (Å²) in [6.45, 7) is 4.80. The standard InChI is InChI=1S/C23H24N4O2/c1-17-15-20(19-9-5-6-10-21(19)24-17)23(29)27-13-11-26(12-14-27)16-22(28)25-18-7-3-2-4-8-18/h2-10,15H,11-14,16H2,1H3,(H,25,28). The molecule has 3 aromatic rings. The van der Waals surface area contributed by atoms with Gasteiger partial charge in [0.15, 0.2) is 0 Å². The molecule has 1 aromatic heterocycles. The zero-order valence-corrected chi connectivity index (χ0v) is 16.5. The fourth-order valence-corrected chi connectivity index (χ4v) is 3.69. The van der Waals surface area contributed by atoms with Gasteiger partial charge in [0.1, 0.15) is 0 Å². The van der Waals surface area contributed by atoms with E-state index in [1.165, 1.54) is 0 Å². The van der Waals surface area contributed by atoms with Gasteiger partial charge in [0.05, 0.1) is 17.6 Å². The molecule has 29 heavy (non-hydrogen) atoms. The first-order valence-corrected chi connectivity index (χ1v) is 9.83. The van der Waals surface area contributed by atoms with Crippen molar-refractivity contribution in [1.82, 2.24) is 14.8 Å². The van der Waals surface area contributed by atoms with Gasteiger partial charge < -0.3 is 10.2 Å². The van der Waals surface area contributed by atoms with E-state index in [1.807, 2.05) is 72.5 Å². The highest BCUT2D eigenvalue weighted by molar-refractivity contribution is 6.06. The van der Waals surface area contributed by atoms with Crippen LogP contribution in [-0.4, -0.2) is 59.3 Å². The minimum atomic E-state index is -0.0354. The van der Waals surface area contributed by atoms with E-state index in [9.17, 15) is 9.59 Å². The molecule has 0 saturated carbocycles. The largest absolute Gasteiger partial charge is 0.336 e. The summed E-state index contributed by atoms with van der Waals surface area (Å²) >= 11 is 0. The Morgan fingerprint density at radius 1 is 0.966 bits per heavy atom. The maximum atomic E-state index is 13.1. The molecule has 2 heterocycles. The average molecular weight is 388 g/mol. The van der Waals surface area contributed by atoms with E-state index in [1.54, 1.807) is 0 Å². The maximum absolute atomic E-state index is 13.1. The number of fused-ring (bicyclic) bond motifs is 1. The van der Waals surface area contributed by atoms with Crippen molar-refractivity contribution >= 4 is 28.4 Å². The van der Waals surface area contributed by atoms with Gasteiger partial charge in [-0.3, -0.25) is 19.5 Å². The van der Waals surface area contributed by atoms with Crippen molar-refractivity contribution in [2.45, 2.75) is 6.92 Å². The van der Waals surface area contributed by atoms with E-state index < -0.39 is 0 Å². The first kappa shape index (κ1) is 19.1. The van der Waals surface area contributed by atoms with E-state index in [-0.39, 0.29) is 11.8 Å². The summed E-state index contributed by atoms with van der Waals surface area (Å²) < 4.78 is 0. The molecule has 0 atom stereocenters. The molecule has 2 aromatic carbocycles. The van der Waals surface area contributed by atoms with Gasteiger partial charge >= 0.3 is 0 Å². The molecule has 148 valence electrons. The van der Waals surface area contributed by atoms with Crippen LogP contribution in [0.25, 0.3) is 10.9 Å². The highest BCUT2D eigenvalue weighted by Crippen LogP contribution is 2.20. The lowest BCUT2D eigenvalue weighted by atomic mass is 10.1. The summed E-state index contributed by atoms with van der Waals surface area (Å²) in [4.78, 5) is 33.9. The van der Waals surface area contributed by atoms with Gasteiger partial charge in [0.25, 0.3) is 5.91 Å². The Hall–Kier alpha value is -3.25. The normalized spacial score (nSPS) is 14.7. The van der Waals surface area contributed by atoms with Crippen molar-refractivity contribution in [1.29, 1.82) is 0 Å². The molecule has 0 radical (unpaired) electrons. The SMILES string of the molecule is Cc1cc(C(=O)N2CCN(CC(=O)Nc3ccccc3)CC2)c2ccccc2n1.